The van der Waals surface area contributed by atoms with Crippen molar-refractivity contribution in [2.24, 2.45) is 5.92 Å². The molecule has 0 saturated carbocycles. The van der Waals surface area contributed by atoms with E-state index in [1.807, 2.05) is 45.0 Å². The number of benzene rings is 2. The van der Waals surface area contributed by atoms with Crippen LogP contribution in [0.3, 0.4) is 0 Å². The van der Waals surface area contributed by atoms with Crippen molar-refractivity contribution in [2.75, 3.05) is 13.1 Å². The number of amides is 1. The summed E-state index contributed by atoms with van der Waals surface area (Å²) in [5.74, 6) is 0.281. The lowest BCUT2D eigenvalue weighted by Gasteiger charge is -2.29. The van der Waals surface area contributed by atoms with E-state index in [1.165, 1.54) is 10.4 Å². The van der Waals surface area contributed by atoms with Crippen molar-refractivity contribution in [3.63, 3.8) is 0 Å². The Labute approximate surface area is 174 Å². The molecular weight excluding hydrogens is 384 g/mol. The molecule has 29 heavy (non-hydrogen) atoms. The quantitative estimate of drug-likeness (QED) is 0.797. The molecule has 1 atom stereocenters. The average Bonchev–Trinajstić information content (AvgIpc) is 2.68. The first-order valence-corrected chi connectivity index (χ1v) is 11.6. The summed E-state index contributed by atoms with van der Waals surface area (Å²) >= 11 is 0. The fourth-order valence-corrected chi connectivity index (χ4v) is 5.09. The summed E-state index contributed by atoms with van der Waals surface area (Å²) in [6.45, 7) is 8.98. The number of nitrogens with one attached hydrogen (secondary N) is 1. The number of hydrogen-bond donors (Lipinski definition) is 1. The van der Waals surface area contributed by atoms with Crippen LogP contribution >= 0.6 is 0 Å². The van der Waals surface area contributed by atoms with E-state index in [0.717, 1.165) is 29.5 Å². The minimum Gasteiger partial charge on any atom is -0.346 e. The molecule has 1 amide bonds. The van der Waals surface area contributed by atoms with E-state index in [9.17, 15) is 13.2 Å². The lowest BCUT2D eigenvalue weighted by atomic mass is 10.0. The van der Waals surface area contributed by atoms with Gasteiger partial charge in [0.25, 0.3) is 5.91 Å². The van der Waals surface area contributed by atoms with Crippen LogP contribution in [0.2, 0.25) is 0 Å². The molecule has 1 heterocycles. The van der Waals surface area contributed by atoms with Crippen molar-refractivity contribution in [1.29, 1.82) is 0 Å². The van der Waals surface area contributed by atoms with Crippen LogP contribution in [0, 0.1) is 19.8 Å². The van der Waals surface area contributed by atoms with Crippen LogP contribution < -0.4 is 5.32 Å². The molecule has 0 aliphatic carbocycles. The molecule has 1 fully saturated rings. The third kappa shape index (κ3) is 4.87. The van der Waals surface area contributed by atoms with Crippen molar-refractivity contribution in [3.8, 4) is 0 Å². The molecule has 1 aliphatic heterocycles. The van der Waals surface area contributed by atoms with Gasteiger partial charge in [0.15, 0.2) is 0 Å². The molecule has 1 unspecified atom stereocenters. The summed E-state index contributed by atoms with van der Waals surface area (Å²) in [5.41, 5.74) is 3.32. The van der Waals surface area contributed by atoms with Gasteiger partial charge in [-0.3, -0.25) is 4.79 Å². The van der Waals surface area contributed by atoms with E-state index in [2.05, 4.69) is 12.2 Å². The Bertz CT molecular complexity index is 976. The van der Waals surface area contributed by atoms with Crippen molar-refractivity contribution in [3.05, 3.63) is 64.7 Å². The zero-order valence-corrected chi connectivity index (χ0v) is 18.4. The fraction of sp³-hybridized carbons (Fsp3) is 0.435. The molecule has 0 radical (unpaired) electrons. The first-order valence-electron chi connectivity index (χ1n) is 10.2. The van der Waals surface area contributed by atoms with Gasteiger partial charge >= 0.3 is 0 Å². The summed E-state index contributed by atoms with van der Waals surface area (Å²) in [6.07, 6.45) is 1.74. The number of sulfonamides is 1. The molecule has 0 bridgehead atoms. The third-order valence-electron chi connectivity index (χ3n) is 5.76. The Balaban J connectivity index is 1.81. The normalized spacial score (nSPS) is 17.1. The molecule has 156 valence electrons. The monoisotopic (exact) mass is 414 g/mol. The van der Waals surface area contributed by atoms with Gasteiger partial charge in [-0.2, -0.15) is 4.31 Å². The van der Waals surface area contributed by atoms with Gasteiger partial charge in [0.2, 0.25) is 10.0 Å². The predicted octanol–water partition coefficient (Wildman–Crippen LogP) is 4.22. The van der Waals surface area contributed by atoms with Gasteiger partial charge in [-0.15, -0.1) is 0 Å². The molecule has 6 heteroatoms. The van der Waals surface area contributed by atoms with Gasteiger partial charge in [0.1, 0.15) is 0 Å². The molecule has 5 nitrogen and oxygen atoms in total. The highest BCUT2D eigenvalue weighted by Crippen LogP contribution is 2.25. The van der Waals surface area contributed by atoms with Gasteiger partial charge < -0.3 is 5.32 Å². The van der Waals surface area contributed by atoms with Gasteiger partial charge in [0.05, 0.1) is 10.9 Å². The van der Waals surface area contributed by atoms with Crippen LogP contribution in [0.5, 0.6) is 0 Å². The van der Waals surface area contributed by atoms with Gasteiger partial charge in [0, 0.05) is 18.7 Å². The lowest BCUT2D eigenvalue weighted by Crippen LogP contribution is -2.38. The first kappa shape index (κ1) is 21.5. The van der Waals surface area contributed by atoms with Crippen molar-refractivity contribution >= 4 is 15.9 Å². The number of hydrogen-bond acceptors (Lipinski definition) is 3. The first-order chi connectivity index (χ1) is 13.7. The topological polar surface area (TPSA) is 66.5 Å². The molecule has 1 N–H and O–H groups in total. The van der Waals surface area contributed by atoms with Crippen molar-refractivity contribution < 1.29 is 13.2 Å². The van der Waals surface area contributed by atoms with E-state index >= 15 is 0 Å². The SMILES string of the molecule is Cc1ccc(C(C)NC(=O)c2cc(S(=O)(=O)N3CCC(C)CC3)ccc2C)cc1. The van der Waals surface area contributed by atoms with Crippen LogP contribution in [0.1, 0.15) is 59.8 Å². The van der Waals surface area contributed by atoms with Gasteiger partial charge in [-0.25, -0.2) is 8.42 Å². The van der Waals surface area contributed by atoms with Crippen molar-refractivity contribution in [2.45, 2.75) is 51.5 Å². The number of carbonyl (C=O) groups is 1. The highest BCUT2D eigenvalue weighted by molar-refractivity contribution is 7.89. The summed E-state index contributed by atoms with van der Waals surface area (Å²) in [5, 5.41) is 2.99. The van der Waals surface area contributed by atoms with E-state index < -0.39 is 10.0 Å². The molecule has 0 aromatic heterocycles. The molecular formula is C23H30N2O3S. The predicted molar refractivity (Wildman–Crippen MR) is 115 cm³/mol. The highest BCUT2D eigenvalue weighted by atomic mass is 32.2. The largest absolute Gasteiger partial charge is 0.346 e. The Hall–Kier alpha value is -2.18. The maximum Gasteiger partial charge on any atom is 0.252 e. The van der Waals surface area contributed by atoms with E-state index in [4.69, 9.17) is 0 Å². The molecule has 1 saturated heterocycles. The maximum absolute atomic E-state index is 13.0. The summed E-state index contributed by atoms with van der Waals surface area (Å²) in [7, 11) is -3.59. The van der Waals surface area contributed by atoms with Crippen LogP contribution in [-0.4, -0.2) is 31.7 Å². The lowest BCUT2D eigenvalue weighted by molar-refractivity contribution is 0.0939. The standard InChI is InChI=1S/C23H30N2O3S/c1-16-5-8-20(9-6-16)19(4)24-23(26)22-15-21(10-7-18(22)3)29(27,28)25-13-11-17(2)12-14-25/h5-10,15,17,19H,11-14H2,1-4H3,(H,24,26). The second-order valence-electron chi connectivity index (χ2n) is 8.17. The summed E-state index contributed by atoms with van der Waals surface area (Å²) < 4.78 is 27.6. The Kier molecular flexibility index (Phi) is 6.44. The molecule has 2 aromatic carbocycles. The zero-order valence-electron chi connectivity index (χ0n) is 17.6. The fourth-order valence-electron chi connectivity index (χ4n) is 3.59. The van der Waals surface area contributed by atoms with E-state index in [0.29, 0.717) is 24.6 Å². The van der Waals surface area contributed by atoms with Crippen LogP contribution in [0.15, 0.2) is 47.4 Å². The van der Waals surface area contributed by atoms with Gasteiger partial charge in [-0.05, 0) is 62.8 Å². The summed E-state index contributed by atoms with van der Waals surface area (Å²) in [4.78, 5) is 13.1. The van der Waals surface area contributed by atoms with E-state index in [1.54, 1.807) is 12.1 Å². The molecule has 1 aliphatic rings. The van der Waals surface area contributed by atoms with Crippen LogP contribution in [0.25, 0.3) is 0 Å². The minimum atomic E-state index is -3.59. The Morgan fingerprint density at radius 2 is 1.69 bits per heavy atom. The highest BCUT2D eigenvalue weighted by Gasteiger charge is 2.29. The van der Waals surface area contributed by atoms with Crippen LogP contribution in [-0.2, 0) is 10.0 Å². The Morgan fingerprint density at radius 1 is 1.07 bits per heavy atom. The second-order valence-corrected chi connectivity index (χ2v) is 10.1. The third-order valence-corrected chi connectivity index (χ3v) is 7.65. The maximum atomic E-state index is 13.0. The Morgan fingerprint density at radius 3 is 2.31 bits per heavy atom. The number of rotatable bonds is 5. The second kappa shape index (κ2) is 8.67. The van der Waals surface area contributed by atoms with Gasteiger partial charge in [-0.1, -0.05) is 42.8 Å². The minimum absolute atomic E-state index is 0.175. The molecule has 3 rings (SSSR count). The zero-order chi connectivity index (χ0) is 21.2. The number of aryl methyl sites for hydroxylation is 2. The smallest absolute Gasteiger partial charge is 0.252 e. The molecule has 2 aromatic rings. The van der Waals surface area contributed by atoms with Crippen molar-refractivity contribution in [1.82, 2.24) is 9.62 Å². The van der Waals surface area contributed by atoms with Crippen LogP contribution in [0.4, 0.5) is 0 Å². The number of piperidine rings is 1. The molecule has 0 spiro atoms. The number of carbonyl (C=O) groups excluding carboxylic acids is 1. The summed E-state index contributed by atoms with van der Waals surface area (Å²) in [6, 6.07) is 12.7. The number of nitrogens with zero attached hydrogens (tertiary/aromatic N) is 1. The average molecular weight is 415 g/mol. The van der Waals surface area contributed by atoms with E-state index in [-0.39, 0.29) is 16.8 Å².